The van der Waals surface area contributed by atoms with Crippen LogP contribution in [0.3, 0.4) is 0 Å². The van der Waals surface area contributed by atoms with Gasteiger partial charge in [-0.2, -0.15) is 4.98 Å². The Hall–Kier alpha value is -3.42. The molecule has 1 saturated heterocycles. The monoisotopic (exact) mass is 393 g/mol. The van der Waals surface area contributed by atoms with Crippen LogP contribution in [0.25, 0.3) is 0 Å². The second-order valence-corrected chi connectivity index (χ2v) is 7.09. The van der Waals surface area contributed by atoms with E-state index in [-0.39, 0.29) is 5.91 Å². The van der Waals surface area contributed by atoms with Crippen LogP contribution in [0.1, 0.15) is 27.4 Å². The zero-order chi connectivity index (χ0) is 20.4. The molecule has 3 aromatic rings. The SMILES string of the molecule is Cc1cccc(Oc2ccnc(N3CCN(C(=O)c4c(C)noc4C)CC3)n2)c1. The third-order valence-corrected chi connectivity index (χ3v) is 4.93. The molecule has 0 N–H and O–H groups in total. The first-order valence-electron chi connectivity index (χ1n) is 9.56. The largest absolute Gasteiger partial charge is 0.439 e. The van der Waals surface area contributed by atoms with Crippen LogP contribution >= 0.6 is 0 Å². The number of carbonyl (C=O) groups excluding carboxylic acids is 1. The molecule has 0 spiro atoms. The fourth-order valence-electron chi connectivity index (χ4n) is 3.40. The number of piperazine rings is 1. The van der Waals surface area contributed by atoms with Gasteiger partial charge in [-0.15, -0.1) is 0 Å². The number of carbonyl (C=O) groups is 1. The van der Waals surface area contributed by atoms with Gasteiger partial charge in [0.1, 0.15) is 17.1 Å². The van der Waals surface area contributed by atoms with Gasteiger partial charge in [0.15, 0.2) is 0 Å². The highest BCUT2D eigenvalue weighted by Gasteiger charge is 2.27. The van der Waals surface area contributed by atoms with E-state index in [0.29, 0.717) is 55.0 Å². The van der Waals surface area contributed by atoms with E-state index in [2.05, 4.69) is 20.0 Å². The topological polar surface area (TPSA) is 84.6 Å². The van der Waals surface area contributed by atoms with E-state index >= 15 is 0 Å². The van der Waals surface area contributed by atoms with Gasteiger partial charge in [-0.1, -0.05) is 17.3 Å². The molecule has 0 saturated carbocycles. The Balaban J connectivity index is 1.42. The van der Waals surface area contributed by atoms with Crippen LogP contribution in [0.5, 0.6) is 11.6 Å². The molecule has 2 aromatic heterocycles. The van der Waals surface area contributed by atoms with Crippen molar-refractivity contribution in [2.24, 2.45) is 0 Å². The van der Waals surface area contributed by atoms with Gasteiger partial charge < -0.3 is 19.1 Å². The van der Waals surface area contributed by atoms with Crippen molar-refractivity contribution in [2.75, 3.05) is 31.1 Å². The van der Waals surface area contributed by atoms with Gasteiger partial charge in [0, 0.05) is 38.4 Å². The van der Waals surface area contributed by atoms with Crippen LogP contribution < -0.4 is 9.64 Å². The van der Waals surface area contributed by atoms with E-state index in [1.165, 1.54) is 0 Å². The molecule has 1 aromatic carbocycles. The lowest BCUT2D eigenvalue weighted by Crippen LogP contribution is -2.49. The zero-order valence-electron chi connectivity index (χ0n) is 16.8. The molecule has 3 heterocycles. The van der Waals surface area contributed by atoms with Crippen LogP contribution in [-0.2, 0) is 0 Å². The van der Waals surface area contributed by atoms with Gasteiger partial charge in [-0.05, 0) is 38.5 Å². The molecule has 0 aliphatic carbocycles. The summed E-state index contributed by atoms with van der Waals surface area (Å²) in [6, 6.07) is 9.56. The fourth-order valence-corrected chi connectivity index (χ4v) is 3.40. The van der Waals surface area contributed by atoms with E-state index in [4.69, 9.17) is 9.26 Å². The number of hydrogen-bond acceptors (Lipinski definition) is 7. The van der Waals surface area contributed by atoms with Crippen molar-refractivity contribution in [3.05, 3.63) is 59.1 Å². The summed E-state index contributed by atoms with van der Waals surface area (Å²) >= 11 is 0. The molecular weight excluding hydrogens is 370 g/mol. The lowest BCUT2D eigenvalue weighted by molar-refractivity contribution is 0.0743. The number of nitrogens with zero attached hydrogens (tertiary/aromatic N) is 5. The predicted molar refractivity (Wildman–Crippen MR) is 107 cm³/mol. The number of hydrogen-bond donors (Lipinski definition) is 0. The third-order valence-electron chi connectivity index (χ3n) is 4.93. The predicted octanol–water partition coefficient (Wildman–Crippen LogP) is 3.14. The number of anilines is 1. The Morgan fingerprint density at radius 3 is 2.59 bits per heavy atom. The van der Waals surface area contributed by atoms with Crippen molar-refractivity contribution >= 4 is 11.9 Å². The summed E-state index contributed by atoms with van der Waals surface area (Å²) < 4.78 is 11.0. The number of benzene rings is 1. The average molecular weight is 393 g/mol. The van der Waals surface area contributed by atoms with Crippen molar-refractivity contribution in [2.45, 2.75) is 20.8 Å². The Kier molecular flexibility index (Phi) is 5.16. The smallest absolute Gasteiger partial charge is 0.259 e. The van der Waals surface area contributed by atoms with E-state index in [9.17, 15) is 4.79 Å². The number of aromatic nitrogens is 3. The van der Waals surface area contributed by atoms with Crippen LogP contribution in [0.15, 0.2) is 41.1 Å². The summed E-state index contributed by atoms with van der Waals surface area (Å²) in [6.07, 6.45) is 1.69. The molecule has 0 radical (unpaired) electrons. The normalized spacial score (nSPS) is 14.2. The summed E-state index contributed by atoms with van der Waals surface area (Å²) in [5, 5.41) is 3.88. The molecule has 8 heteroatoms. The first-order valence-corrected chi connectivity index (χ1v) is 9.56. The molecule has 8 nitrogen and oxygen atoms in total. The van der Waals surface area contributed by atoms with E-state index in [1.54, 1.807) is 26.1 Å². The maximum absolute atomic E-state index is 12.8. The lowest BCUT2D eigenvalue weighted by Gasteiger charge is -2.34. The van der Waals surface area contributed by atoms with Crippen molar-refractivity contribution in [1.82, 2.24) is 20.0 Å². The number of ether oxygens (including phenoxy) is 1. The first kappa shape index (κ1) is 18.9. The molecule has 1 aliphatic heterocycles. The molecule has 29 heavy (non-hydrogen) atoms. The van der Waals surface area contributed by atoms with Gasteiger partial charge in [-0.3, -0.25) is 4.79 Å². The highest BCUT2D eigenvalue weighted by Crippen LogP contribution is 2.23. The van der Waals surface area contributed by atoms with Crippen molar-refractivity contribution in [3.8, 4) is 11.6 Å². The highest BCUT2D eigenvalue weighted by atomic mass is 16.5. The van der Waals surface area contributed by atoms with E-state index in [0.717, 1.165) is 11.3 Å². The molecule has 0 atom stereocenters. The summed E-state index contributed by atoms with van der Waals surface area (Å²) in [7, 11) is 0. The third kappa shape index (κ3) is 4.06. The summed E-state index contributed by atoms with van der Waals surface area (Å²) in [6.45, 7) is 8.00. The quantitative estimate of drug-likeness (QED) is 0.673. The van der Waals surface area contributed by atoms with E-state index in [1.807, 2.05) is 36.1 Å². The minimum absolute atomic E-state index is 0.0432. The number of aryl methyl sites for hydroxylation is 3. The molecule has 150 valence electrons. The summed E-state index contributed by atoms with van der Waals surface area (Å²) in [5.74, 6) is 2.34. The van der Waals surface area contributed by atoms with Crippen LogP contribution in [0.4, 0.5) is 5.95 Å². The maximum Gasteiger partial charge on any atom is 0.259 e. The standard InChI is InChI=1S/C21H23N5O3/c1-14-5-4-6-17(13-14)28-18-7-8-22-21(23-18)26-11-9-25(10-12-26)20(27)19-15(2)24-29-16(19)3/h4-8,13H,9-12H2,1-3H3. The fraction of sp³-hybridized carbons (Fsp3) is 0.333. The van der Waals surface area contributed by atoms with Crippen molar-refractivity contribution < 1.29 is 14.1 Å². The van der Waals surface area contributed by atoms with Gasteiger partial charge in [0.2, 0.25) is 11.8 Å². The molecule has 1 fully saturated rings. The molecular formula is C21H23N5O3. The van der Waals surface area contributed by atoms with Crippen molar-refractivity contribution in [1.29, 1.82) is 0 Å². The molecule has 0 bridgehead atoms. The van der Waals surface area contributed by atoms with Gasteiger partial charge >= 0.3 is 0 Å². The Morgan fingerprint density at radius 2 is 1.90 bits per heavy atom. The lowest BCUT2D eigenvalue weighted by atomic mass is 10.1. The van der Waals surface area contributed by atoms with E-state index < -0.39 is 0 Å². The Bertz CT molecular complexity index is 1010. The molecule has 4 rings (SSSR count). The second-order valence-electron chi connectivity index (χ2n) is 7.09. The molecule has 1 aliphatic rings. The zero-order valence-corrected chi connectivity index (χ0v) is 16.8. The minimum atomic E-state index is -0.0432. The van der Waals surface area contributed by atoms with Gasteiger partial charge in [-0.25, -0.2) is 4.98 Å². The first-order chi connectivity index (χ1) is 14.0. The van der Waals surface area contributed by atoms with Crippen LogP contribution in [0, 0.1) is 20.8 Å². The Labute approximate surface area is 169 Å². The molecule has 1 amide bonds. The Morgan fingerprint density at radius 1 is 1.10 bits per heavy atom. The van der Waals surface area contributed by atoms with Gasteiger partial charge in [0.05, 0.1) is 5.69 Å². The highest BCUT2D eigenvalue weighted by molar-refractivity contribution is 5.96. The molecule has 0 unspecified atom stereocenters. The number of amides is 1. The van der Waals surface area contributed by atoms with Crippen LogP contribution in [0.2, 0.25) is 0 Å². The summed E-state index contributed by atoms with van der Waals surface area (Å²) in [4.78, 5) is 25.6. The minimum Gasteiger partial charge on any atom is -0.439 e. The second kappa shape index (κ2) is 7.90. The summed E-state index contributed by atoms with van der Waals surface area (Å²) in [5.41, 5.74) is 2.30. The maximum atomic E-state index is 12.8. The van der Waals surface area contributed by atoms with Crippen molar-refractivity contribution in [3.63, 3.8) is 0 Å². The van der Waals surface area contributed by atoms with Crippen LogP contribution in [-0.4, -0.2) is 52.1 Å². The average Bonchev–Trinajstić information content (AvgIpc) is 3.06. The van der Waals surface area contributed by atoms with Gasteiger partial charge in [0.25, 0.3) is 5.91 Å². The number of rotatable bonds is 4.